The molecule has 0 aromatic heterocycles. The zero-order valence-corrected chi connectivity index (χ0v) is 16.4. The number of carbonyl (C=O) groups is 2. The molecule has 0 N–H and O–H groups in total. The highest BCUT2D eigenvalue weighted by atomic mass is 16.5. The Bertz CT molecular complexity index is 938. The van der Waals surface area contributed by atoms with Crippen molar-refractivity contribution < 1.29 is 19.1 Å². The Kier molecular flexibility index (Phi) is 4.58. The predicted octanol–water partition coefficient (Wildman–Crippen LogP) is 4.70. The van der Waals surface area contributed by atoms with E-state index in [1.165, 1.54) is 0 Å². The minimum atomic E-state index is -0.723. The molecule has 4 heteroatoms. The topological polar surface area (TPSA) is 52.6 Å². The van der Waals surface area contributed by atoms with Crippen LogP contribution in [0.3, 0.4) is 0 Å². The third-order valence-electron chi connectivity index (χ3n) is 5.55. The van der Waals surface area contributed by atoms with E-state index >= 15 is 0 Å². The van der Waals surface area contributed by atoms with Crippen LogP contribution in [0.15, 0.2) is 65.9 Å². The van der Waals surface area contributed by atoms with Crippen LogP contribution in [0.4, 0.5) is 0 Å². The fourth-order valence-corrected chi connectivity index (χ4v) is 4.23. The van der Waals surface area contributed by atoms with Crippen LogP contribution in [0.5, 0.6) is 5.75 Å². The number of rotatable bonds is 4. The summed E-state index contributed by atoms with van der Waals surface area (Å²) >= 11 is 0. The largest absolute Gasteiger partial charge is 0.497 e. The lowest BCUT2D eigenvalue weighted by molar-refractivity contribution is -0.118. The average Bonchev–Trinajstić information content (AvgIpc) is 3.06. The molecule has 0 spiro atoms. The molecule has 28 heavy (non-hydrogen) atoms. The molecule has 4 nitrogen and oxygen atoms in total. The lowest BCUT2D eigenvalue weighted by Gasteiger charge is -2.29. The molecule has 1 aliphatic carbocycles. The first-order chi connectivity index (χ1) is 13.4. The first kappa shape index (κ1) is 18.5. The molecule has 144 valence electrons. The van der Waals surface area contributed by atoms with Gasteiger partial charge in [0.15, 0.2) is 11.9 Å². The Morgan fingerprint density at radius 2 is 1.71 bits per heavy atom. The van der Waals surface area contributed by atoms with Crippen LogP contribution >= 0.6 is 0 Å². The molecule has 2 aliphatic rings. The monoisotopic (exact) mass is 376 g/mol. The van der Waals surface area contributed by atoms with Crippen molar-refractivity contribution in [2.45, 2.75) is 38.7 Å². The lowest BCUT2D eigenvalue weighted by atomic mass is 9.72. The van der Waals surface area contributed by atoms with Crippen LogP contribution in [-0.4, -0.2) is 24.8 Å². The van der Waals surface area contributed by atoms with Gasteiger partial charge in [0.05, 0.1) is 13.0 Å². The minimum Gasteiger partial charge on any atom is -0.497 e. The van der Waals surface area contributed by atoms with Gasteiger partial charge in [-0.2, -0.15) is 0 Å². The number of benzene rings is 2. The van der Waals surface area contributed by atoms with Crippen molar-refractivity contribution in [3.63, 3.8) is 0 Å². The highest BCUT2D eigenvalue weighted by molar-refractivity contribution is 6.05. The van der Waals surface area contributed by atoms with E-state index in [1.54, 1.807) is 31.4 Å². The maximum atomic E-state index is 13.3. The molecule has 0 fully saturated rings. The summed E-state index contributed by atoms with van der Waals surface area (Å²) in [4.78, 5) is 26.3. The molecule has 0 amide bonds. The quantitative estimate of drug-likeness (QED) is 0.726. The highest BCUT2D eigenvalue weighted by Crippen LogP contribution is 2.49. The van der Waals surface area contributed by atoms with Gasteiger partial charge < -0.3 is 9.47 Å². The molecule has 1 aliphatic heterocycles. The summed E-state index contributed by atoms with van der Waals surface area (Å²) in [6, 6.07) is 16.7. The van der Waals surface area contributed by atoms with E-state index in [-0.39, 0.29) is 22.9 Å². The summed E-state index contributed by atoms with van der Waals surface area (Å²) in [5.41, 5.74) is 2.01. The van der Waals surface area contributed by atoms with Gasteiger partial charge >= 0.3 is 0 Å². The minimum absolute atomic E-state index is 0.0881. The number of allylic oxidation sites excluding steroid dienone is 1. The van der Waals surface area contributed by atoms with Gasteiger partial charge in [-0.3, -0.25) is 9.59 Å². The van der Waals surface area contributed by atoms with E-state index in [0.717, 1.165) is 5.56 Å². The molecule has 2 aromatic carbocycles. The van der Waals surface area contributed by atoms with Gasteiger partial charge in [-0.15, -0.1) is 0 Å². The van der Waals surface area contributed by atoms with Gasteiger partial charge in [0, 0.05) is 24.0 Å². The van der Waals surface area contributed by atoms with Crippen LogP contribution in [-0.2, 0) is 9.53 Å². The zero-order chi connectivity index (χ0) is 19.9. The van der Waals surface area contributed by atoms with Gasteiger partial charge in [-0.1, -0.05) is 44.2 Å². The molecule has 4 rings (SSSR count). The van der Waals surface area contributed by atoms with Crippen molar-refractivity contribution in [1.29, 1.82) is 0 Å². The molecule has 2 atom stereocenters. The summed E-state index contributed by atoms with van der Waals surface area (Å²) in [7, 11) is 1.59. The molecule has 0 bridgehead atoms. The number of ketones is 2. The van der Waals surface area contributed by atoms with Gasteiger partial charge in [-0.25, -0.2) is 0 Å². The zero-order valence-electron chi connectivity index (χ0n) is 16.4. The second-order valence-corrected chi connectivity index (χ2v) is 8.30. The van der Waals surface area contributed by atoms with E-state index in [9.17, 15) is 9.59 Å². The van der Waals surface area contributed by atoms with Gasteiger partial charge in [0.25, 0.3) is 0 Å². The predicted molar refractivity (Wildman–Crippen MR) is 106 cm³/mol. The van der Waals surface area contributed by atoms with E-state index < -0.39 is 6.10 Å². The molecule has 2 unspecified atom stereocenters. The third-order valence-corrected chi connectivity index (χ3v) is 5.55. The summed E-state index contributed by atoms with van der Waals surface area (Å²) < 4.78 is 11.4. The Balaban J connectivity index is 1.74. The van der Waals surface area contributed by atoms with Crippen molar-refractivity contribution in [2.75, 3.05) is 7.11 Å². The average molecular weight is 376 g/mol. The van der Waals surface area contributed by atoms with Crippen molar-refractivity contribution in [2.24, 2.45) is 5.41 Å². The van der Waals surface area contributed by atoms with Crippen LogP contribution in [0, 0.1) is 5.41 Å². The number of Topliss-reactive ketones (excluding diaryl/α,β-unsaturated/α-hetero) is 2. The number of carbonyl (C=O) groups excluding carboxylic acids is 2. The van der Waals surface area contributed by atoms with E-state index in [1.807, 2.05) is 30.3 Å². The maximum Gasteiger partial charge on any atom is 0.204 e. The van der Waals surface area contributed by atoms with E-state index in [0.29, 0.717) is 35.5 Å². The number of methoxy groups -OCH3 is 1. The Morgan fingerprint density at radius 3 is 2.36 bits per heavy atom. The summed E-state index contributed by atoms with van der Waals surface area (Å²) in [6.07, 6.45) is 0.421. The second kappa shape index (κ2) is 6.93. The van der Waals surface area contributed by atoms with Crippen LogP contribution in [0.1, 0.15) is 48.5 Å². The Morgan fingerprint density at radius 1 is 1.04 bits per heavy atom. The molecular weight excluding hydrogens is 352 g/mol. The standard InChI is InChI=1S/C24H24O4/c1-24(2)13-18(25)21-19(14-24)28-23(20(21)15-7-5-4-6-8-15)22(26)16-9-11-17(27-3)12-10-16/h4-12,20,23H,13-14H2,1-3H3. The molecule has 0 saturated heterocycles. The van der Waals surface area contributed by atoms with Gasteiger partial charge in [0.1, 0.15) is 11.5 Å². The smallest absolute Gasteiger partial charge is 0.204 e. The van der Waals surface area contributed by atoms with Crippen molar-refractivity contribution in [3.05, 3.63) is 77.1 Å². The summed E-state index contributed by atoms with van der Waals surface area (Å²) in [5, 5.41) is 0. The van der Waals surface area contributed by atoms with E-state index in [4.69, 9.17) is 9.47 Å². The molecule has 1 heterocycles. The number of hydrogen-bond acceptors (Lipinski definition) is 4. The molecule has 0 radical (unpaired) electrons. The number of ether oxygens (including phenoxy) is 2. The van der Waals surface area contributed by atoms with Gasteiger partial charge in [0.2, 0.25) is 5.78 Å². The van der Waals surface area contributed by atoms with Gasteiger partial charge in [-0.05, 0) is 35.2 Å². The van der Waals surface area contributed by atoms with E-state index in [2.05, 4.69) is 13.8 Å². The van der Waals surface area contributed by atoms with Crippen molar-refractivity contribution in [1.82, 2.24) is 0 Å². The summed E-state index contributed by atoms with van der Waals surface area (Å²) in [5.74, 6) is 0.982. The Labute approximate surface area is 165 Å². The normalized spacial score (nSPS) is 23.2. The second-order valence-electron chi connectivity index (χ2n) is 8.30. The fourth-order valence-electron chi connectivity index (χ4n) is 4.23. The molecule has 2 aromatic rings. The first-order valence-corrected chi connectivity index (χ1v) is 9.56. The highest BCUT2D eigenvalue weighted by Gasteiger charge is 2.48. The SMILES string of the molecule is COc1ccc(C(=O)C2OC3=C(C(=O)CC(C)(C)C3)C2c2ccccc2)cc1. The van der Waals surface area contributed by atoms with Crippen LogP contribution in [0.2, 0.25) is 0 Å². The Hall–Kier alpha value is -2.88. The molecule has 0 saturated carbocycles. The molecular formula is C24H24O4. The maximum absolute atomic E-state index is 13.3. The van der Waals surface area contributed by atoms with Crippen LogP contribution < -0.4 is 4.74 Å². The lowest BCUT2D eigenvalue weighted by Crippen LogP contribution is -2.29. The fraction of sp³-hybridized carbons (Fsp3) is 0.333. The number of hydrogen-bond donors (Lipinski definition) is 0. The first-order valence-electron chi connectivity index (χ1n) is 9.56. The van der Waals surface area contributed by atoms with Crippen LogP contribution in [0.25, 0.3) is 0 Å². The van der Waals surface area contributed by atoms with Crippen molar-refractivity contribution in [3.8, 4) is 5.75 Å². The summed E-state index contributed by atoms with van der Waals surface area (Å²) in [6.45, 7) is 4.13. The van der Waals surface area contributed by atoms with Crippen molar-refractivity contribution >= 4 is 11.6 Å². The third kappa shape index (κ3) is 3.24.